The van der Waals surface area contributed by atoms with Gasteiger partial charge in [0.15, 0.2) is 0 Å². The second-order valence-corrected chi connectivity index (χ2v) is 9.94. The van der Waals surface area contributed by atoms with E-state index in [0.29, 0.717) is 12.0 Å². The summed E-state index contributed by atoms with van der Waals surface area (Å²) in [5.41, 5.74) is 3.25. The number of ether oxygens (including phenoxy) is 1. The smallest absolute Gasteiger partial charge is 0.303 e. The Morgan fingerprint density at radius 2 is 1.94 bits per heavy atom. The lowest BCUT2D eigenvalue weighted by Gasteiger charge is -2.33. The molecule has 2 aromatic rings. The van der Waals surface area contributed by atoms with Gasteiger partial charge >= 0.3 is 5.97 Å². The van der Waals surface area contributed by atoms with Crippen molar-refractivity contribution in [1.82, 2.24) is 5.01 Å². The fourth-order valence-corrected chi connectivity index (χ4v) is 5.29. The number of fused-ring (bicyclic) bond motifs is 1. The lowest BCUT2D eigenvalue weighted by atomic mass is 9.86. The Hall–Kier alpha value is -3.00. The van der Waals surface area contributed by atoms with Gasteiger partial charge in [-0.2, -0.15) is 16.9 Å². The number of carboxylic acid groups (broad SMARTS) is 1. The summed E-state index contributed by atoms with van der Waals surface area (Å²) < 4.78 is 6.07. The third-order valence-corrected chi connectivity index (χ3v) is 7.32. The summed E-state index contributed by atoms with van der Waals surface area (Å²) in [5.74, 6) is 1.97. The lowest BCUT2D eigenvalue weighted by Crippen LogP contribution is -2.34. The fourth-order valence-electron chi connectivity index (χ4n) is 4.41. The summed E-state index contributed by atoms with van der Waals surface area (Å²) in [5, 5.41) is 15.9. The van der Waals surface area contributed by atoms with E-state index in [0.717, 1.165) is 53.6 Å². The molecule has 8 heteroatoms. The summed E-state index contributed by atoms with van der Waals surface area (Å²) >= 11 is 1.95. The summed E-state index contributed by atoms with van der Waals surface area (Å²) in [6.07, 6.45) is 3.19. The van der Waals surface area contributed by atoms with Gasteiger partial charge in [-0.1, -0.05) is 19.1 Å². The number of benzene rings is 2. The van der Waals surface area contributed by atoms with Crippen LogP contribution in [0.3, 0.4) is 0 Å². The monoisotopic (exact) mass is 481 g/mol. The Morgan fingerprint density at radius 1 is 1.21 bits per heavy atom. The zero-order valence-corrected chi connectivity index (χ0v) is 20.5. The maximum atomic E-state index is 13.1. The number of thioether (sulfide) groups is 1. The van der Waals surface area contributed by atoms with Gasteiger partial charge in [0.2, 0.25) is 0 Å². The van der Waals surface area contributed by atoms with Crippen molar-refractivity contribution in [1.29, 1.82) is 0 Å². The van der Waals surface area contributed by atoms with Gasteiger partial charge in [0.05, 0.1) is 12.6 Å². The highest BCUT2D eigenvalue weighted by atomic mass is 32.2. The maximum Gasteiger partial charge on any atom is 0.303 e. The van der Waals surface area contributed by atoms with Crippen molar-refractivity contribution in [2.45, 2.75) is 32.3 Å². The van der Waals surface area contributed by atoms with E-state index in [4.69, 9.17) is 4.74 Å². The summed E-state index contributed by atoms with van der Waals surface area (Å²) in [6.45, 7) is 3.93. The van der Waals surface area contributed by atoms with E-state index in [1.165, 1.54) is 0 Å². The van der Waals surface area contributed by atoms with Crippen molar-refractivity contribution in [3.8, 4) is 5.75 Å². The predicted molar refractivity (Wildman–Crippen MR) is 136 cm³/mol. The topological polar surface area (TPSA) is 82.4 Å². The van der Waals surface area contributed by atoms with E-state index >= 15 is 0 Å². The number of carbonyl (C=O) groups excluding carboxylic acids is 1. The first kappa shape index (κ1) is 24.1. The van der Waals surface area contributed by atoms with Crippen molar-refractivity contribution in [3.63, 3.8) is 0 Å². The third-order valence-electron chi connectivity index (χ3n) is 6.38. The van der Waals surface area contributed by atoms with Crippen molar-refractivity contribution < 1.29 is 19.4 Å². The molecule has 1 N–H and O–H groups in total. The fraction of sp³-hybridized carbons (Fsp3) is 0.423. The molecule has 2 atom stereocenters. The van der Waals surface area contributed by atoms with Gasteiger partial charge in [0.25, 0.3) is 5.91 Å². The minimum atomic E-state index is -0.817. The van der Waals surface area contributed by atoms with E-state index in [-0.39, 0.29) is 24.3 Å². The molecule has 1 fully saturated rings. The second-order valence-electron chi connectivity index (χ2n) is 8.72. The minimum absolute atomic E-state index is 0.0727. The van der Waals surface area contributed by atoms with Crippen LogP contribution in [0.5, 0.6) is 5.75 Å². The number of hydrogen-bond acceptors (Lipinski definition) is 6. The van der Waals surface area contributed by atoms with Crippen molar-refractivity contribution >= 4 is 35.5 Å². The number of amides is 1. The first-order valence-electron chi connectivity index (χ1n) is 11.7. The predicted octanol–water partition coefficient (Wildman–Crippen LogP) is 4.15. The number of hydrazone groups is 1. The Balaban J connectivity index is 1.44. The molecule has 180 valence electrons. The van der Waals surface area contributed by atoms with Crippen molar-refractivity contribution in [2.24, 2.45) is 11.0 Å². The standard InChI is InChI=1S/C26H31N3O4S/c1-3-23-21(16-25(30)31)14-20-15-22(8-9-24(20)33-23)28(2)26(32)19-6-4-18(5-7-19)17-27-29-10-12-34-13-11-29/h4-9,15,17,21,23H,3,10-14,16H2,1-2H3,(H,30,31). The molecule has 1 saturated heterocycles. The summed E-state index contributed by atoms with van der Waals surface area (Å²) in [6, 6.07) is 13.2. The summed E-state index contributed by atoms with van der Waals surface area (Å²) in [7, 11) is 1.75. The van der Waals surface area contributed by atoms with Gasteiger partial charge in [-0.15, -0.1) is 0 Å². The number of rotatable bonds is 7. The first-order chi connectivity index (χ1) is 16.4. The molecule has 0 bridgehead atoms. The van der Waals surface area contributed by atoms with Crippen molar-refractivity contribution in [3.05, 3.63) is 59.2 Å². The van der Waals surface area contributed by atoms with Crippen LogP contribution in [0.4, 0.5) is 5.69 Å². The van der Waals surface area contributed by atoms with Crippen LogP contribution in [0, 0.1) is 5.92 Å². The molecule has 2 heterocycles. The molecule has 0 radical (unpaired) electrons. The van der Waals surface area contributed by atoms with Gasteiger partial charge in [-0.3, -0.25) is 14.6 Å². The van der Waals surface area contributed by atoms with Gasteiger partial charge in [0.1, 0.15) is 11.9 Å². The third kappa shape index (κ3) is 5.73. The van der Waals surface area contributed by atoms with Crippen LogP contribution in [0.15, 0.2) is 47.6 Å². The van der Waals surface area contributed by atoms with Crippen LogP contribution in [0.25, 0.3) is 0 Å². The number of nitrogens with zero attached hydrogens (tertiary/aromatic N) is 3. The zero-order valence-electron chi connectivity index (χ0n) is 19.6. The van der Waals surface area contributed by atoms with Crippen LogP contribution in [0.2, 0.25) is 0 Å². The van der Waals surface area contributed by atoms with E-state index in [2.05, 4.69) is 10.1 Å². The molecule has 4 rings (SSSR count). The van der Waals surface area contributed by atoms with Gasteiger partial charge < -0.3 is 14.7 Å². The SMILES string of the molecule is CCC1Oc2ccc(N(C)C(=O)c3ccc(C=NN4CCSCC4)cc3)cc2CC1CC(=O)O. The van der Waals surface area contributed by atoms with Crippen LogP contribution in [0.1, 0.15) is 41.3 Å². The van der Waals surface area contributed by atoms with E-state index in [1.807, 2.05) is 67.4 Å². The molecule has 2 aromatic carbocycles. The average molecular weight is 482 g/mol. The molecule has 7 nitrogen and oxygen atoms in total. The normalized spacial score (nSPS) is 20.0. The zero-order chi connectivity index (χ0) is 24.1. The highest BCUT2D eigenvalue weighted by Gasteiger charge is 2.31. The maximum absolute atomic E-state index is 13.1. The second kappa shape index (κ2) is 11.0. The number of carboxylic acids is 1. The molecule has 2 aliphatic heterocycles. The first-order valence-corrected chi connectivity index (χ1v) is 12.9. The molecule has 2 aliphatic rings. The van der Waals surface area contributed by atoms with Gasteiger partial charge in [-0.05, 0) is 54.3 Å². The number of hydrogen-bond donors (Lipinski definition) is 1. The number of aliphatic carboxylic acids is 1. The summed E-state index contributed by atoms with van der Waals surface area (Å²) in [4.78, 5) is 26.0. The number of carbonyl (C=O) groups is 2. The molecule has 0 spiro atoms. The lowest BCUT2D eigenvalue weighted by molar-refractivity contribution is -0.139. The Morgan fingerprint density at radius 3 is 2.62 bits per heavy atom. The average Bonchev–Trinajstić information content (AvgIpc) is 2.86. The van der Waals surface area contributed by atoms with Crippen molar-refractivity contribution in [2.75, 3.05) is 36.5 Å². The van der Waals surface area contributed by atoms with E-state index in [1.54, 1.807) is 11.9 Å². The van der Waals surface area contributed by atoms with Crippen LogP contribution < -0.4 is 9.64 Å². The molecule has 0 aromatic heterocycles. The minimum Gasteiger partial charge on any atom is -0.490 e. The Kier molecular flexibility index (Phi) is 7.77. The van der Waals surface area contributed by atoms with Crippen LogP contribution in [-0.2, 0) is 11.2 Å². The number of anilines is 1. The van der Waals surface area contributed by atoms with Crippen LogP contribution >= 0.6 is 11.8 Å². The molecule has 0 saturated carbocycles. The molecular formula is C26H31N3O4S. The van der Waals surface area contributed by atoms with Gasteiger partial charge in [-0.25, -0.2) is 0 Å². The molecule has 1 amide bonds. The Labute approximate surface area is 204 Å². The Bertz CT molecular complexity index is 1050. The molecule has 34 heavy (non-hydrogen) atoms. The largest absolute Gasteiger partial charge is 0.490 e. The molecular weight excluding hydrogens is 450 g/mol. The van der Waals surface area contributed by atoms with Gasteiger partial charge in [0, 0.05) is 48.8 Å². The highest BCUT2D eigenvalue weighted by molar-refractivity contribution is 7.99. The molecule has 0 aliphatic carbocycles. The molecule has 2 unspecified atom stereocenters. The highest BCUT2D eigenvalue weighted by Crippen LogP contribution is 2.36. The quantitative estimate of drug-likeness (QED) is 0.599. The van der Waals surface area contributed by atoms with E-state index in [9.17, 15) is 14.7 Å². The van der Waals surface area contributed by atoms with Crippen LogP contribution in [-0.4, -0.2) is 66.0 Å². The van der Waals surface area contributed by atoms with E-state index < -0.39 is 5.97 Å².